The summed E-state index contributed by atoms with van der Waals surface area (Å²) in [4.78, 5) is 17.1. The van der Waals surface area contributed by atoms with Crippen molar-refractivity contribution >= 4 is 51.9 Å². The van der Waals surface area contributed by atoms with Crippen LogP contribution in [0, 0.1) is 30.2 Å². The largest absolute Gasteiger partial charge is 0.512 e. The van der Waals surface area contributed by atoms with Crippen molar-refractivity contribution < 1.29 is 38.5 Å². The van der Waals surface area contributed by atoms with Gasteiger partial charge in [-0.05, 0) is 66.8 Å². The van der Waals surface area contributed by atoms with E-state index < -0.39 is 14.9 Å². The molecule has 49 heavy (non-hydrogen) atoms. The second-order valence-electron chi connectivity index (χ2n) is 14.9. The van der Waals surface area contributed by atoms with E-state index in [0.717, 1.165) is 54.0 Å². The first-order chi connectivity index (χ1) is 23.9. The van der Waals surface area contributed by atoms with Gasteiger partial charge in [0, 0.05) is 47.0 Å². The van der Waals surface area contributed by atoms with Gasteiger partial charge in [0.1, 0.15) is 5.58 Å². The molecule has 0 aliphatic rings. The van der Waals surface area contributed by atoms with Crippen LogP contribution in [0.15, 0.2) is 70.8 Å². The van der Waals surface area contributed by atoms with E-state index in [4.69, 9.17) is 13.5 Å². The number of benzene rings is 3. The van der Waals surface area contributed by atoms with Crippen LogP contribution in [0.1, 0.15) is 89.4 Å². The third-order valence-corrected chi connectivity index (χ3v) is 11.9. The topological polar surface area (TPSA) is 63.3 Å². The van der Waals surface area contributed by atoms with Gasteiger partial charge >= 0.3 is 0 Å². The summed E-state index contributed by atoms with van der Waals surface area (Å²) in [6.45, 7) is 19.2. The molecule has 2 heterocycles. The van der Waals surface area contributed by atoms with Gasteiger partial charge in [-0.1, -0.05) is 127 Å². The van der Waals surface area contributed by atoms with Gasteiger partial charge in [0.2, 0.25) is 0 Å². The summed E-state index contributed by atoms with van der Waals surface area (Å²) in [6.07, 6.45) is 5.81. The number of rotatable bonds is 11. The third-order valence-electron chi connectivity index (χ3n) is 9.83. The number of allylic oxidation sites excluding steroid dienone is 2. The van der Waals surface area contributed by atoms with Crippen LogP contribution in [-0.4, -0.2) is 23.9 Å². The summed E-state index contributed by atoms with van der Waals surface area (Å²) >= 11 is 0. The molecule has 3 aromatic carbocycles. The minimum Gasteiger partial charge on any atom is -0.512 e. The SMILES string of the molecule is CCC(CC)/C(O)=C/C(=O)C(C)(CC)CC.[2H]C([2H])([2H])c1[c-]c(-c2cc([Si](C)(C)C)c3ccc(CC(C)C)cc3n2)c2oc3ccccc3c2c1.[Ir]. The normalized spacial score (nSPS) is 13.6. The minimum absolute atomic E-state index is 0. The van der Waals surface area contributed by atoms with Gasteiger partial charge in [0.05, 0.1) is 24.9 Å². The molecule has 0 unspecified atom stereocenters. The first-order valence-corrected chi connectivity index (χ1v) is 21.1. The molecule has 0 spiro atoms. The van der Waals surface area contributed by atoms with Gasteiger partial charge in [0.25, 0.3) is 0 Å². The molecule has 6 heteroatoms. The molecule has 0 saturated heterocycles. The number of pyridine rings is 1. The van der Waals surface area contributed by atoms with Crippen LogP contribution in [0.2, 0.25) is 19.6 Å². The zero-order valence-corrected chi connectivity index (χ0v) is 34.4. The Balaban J connectivity index is 0.000000366. The van der Waals surface area contributed by atoms with E-state index >= 15 is 0 Å². The molecule has 0 amide bonds. The monoisotopic (exact) mass is 858 g/mol. The van der Waals surface area contributed by atoms with Gasteiger partial charge in [-0.15, -0.1) is 17.7 Å². The number of aromatic nitrogens is 1. The molecule has 5 rings (SSSR count). The Labute approximate surface area is 313 Å². The summed E-state index contributed by atoms with van der Waals surface area (Å²) in [5, 5.41) is 14.0. The van der Waals surface area contributed by atoms with Crippen molar-refractivity contribution in [2.45, 2.75) is 107 Å². The molecule has 0 aliphatic carbocycles. The van der Waals surface area contributed by atoms with Crippen molar-refractivity contribution in [1.29, 1.82) is 0 Å². The molecule has 265 valence electrons. The standard InChI is InChI=1S/C29H30NOSi.C14H26O2.Ir/c1-18(2)13-20-11-12-22-25(16-20)30-26(17-28(22)32(4,5)6)24-15-19(3)14-23-21-9-7-8-10-27(21)31-29(23)24;1-6-11(7-2)12(15)10-13(16)14(5,8-3)9-4;/h7-12,14,16-18H,13H2,1-6H3;10-11,15H,6-9H2,1-5H3;/q-1;;/b;12-10-;/i3D3;;. The van der Waals surface area contributed by atoms with E-state index in [1.807, 2.05) is 58.9 Å². The molecule has 2 aromatic heterocycles. The molecule has 1 N–H and O–H groups in total. The number of hydrogen-bond donors (Lipinski definition) is 1. The Hall–Kier alpha value is -3.05. The third kappa shape index (κ3) is 9.20. The fraction of sp³-hybridized carbons (Fsp3) is 0.442. The molecule has 0 atom stereocenters. The Morgan fingerprint density at radius 1 is 1.00 bits per heavy atom. The van der Waals surface area contributed by atoms with Gasteiger partial charge in [-0.2, -0.15) is 0 Å². The molecule has 0 bridgehead atoms. The molecular formula is C43H56IrNO3Si-. The number of para-hydroxylation sites is 1. The van der Waals surface area contributed by atoms with E-state index in [2.05, 4.69) is 63.8 Å². The maximum atomic E-state index is 12.0. The Bertz CT molecular complexity index is 2030. The summed E-state index contributed by atoms with van der Waals surface area (Å²) in [5.41, 5.74) is 4.74. The van der Waals surface area contributed by atoms with E-state index in [-0.39, 0.29) is 48.5 Å². The van der Waals surface area contributed by atoms with Crippen LogP contribution in [0.25, 0.3) is 44.1 Å². The average molecular weight is 858 g/mol. The van der Waals surface area contributed by atoms with Crippen LogP contribution in [0.5, 0.6) is 0 Å². The number of nitrogens with zero attached hydrogens (tertiary/aromatic N) is 1. The van der Waals surface area contributed by atoms with Gasteiger partial charge in [-0.25, -0.2) is 0 Å². The van der Waals surface area contributed by atoms with Crippen LogP contribution >= 0.6 is 0 Å². The number of hydrogen-bond acceptors (Lipinski definition) is 4. The average Bonchev–Trinajstić information content (AvgIpc) is 3.45. The molecule has 1 radical (unpaired) electrons. The van der Waals surface area contributed by atoms with Crippen LogP contribution in [0.3, 0.4) is 0 Å². The number of aryl methyl sites for hydroxylation is 1. The van der Waals surface area contributed by atoms with Crippen LogP contribution < -0.4 is 5.19 Å². The predicted molar refractivity (Wildman–Crippen MR) is 208 cm³/mol. The fourth-order valence-corrected chi connectivity index (χ4v) is 7.89. The van der Waals surface area contributed by atoms with E-state index in [0.29, 0.717) is 22.8 Å². The Morgan fingerprint density at radius 3 is 2.27 bits per heavy atom. The molecule has 0 saturated carbocycles. The zero-order chi connectivity index (χ0) is 37.9. The molecular weight excluding hydrogens is 799 g/mol. The molecule has 0 fully saturated rings. The smallest absolute Gasteiger partial charge is 0.164 e. The quantitative estimate of drug-likeness (QED) is 0.0622. The van der Waals surface area contributed by atoms with Gasteiger partial charge < -0.3 is 9.52 Å². The number of furan rings is 1. The van der Waals surface area contributed by atoms with E-state index in [1.165, 1.54) is 22.2 Å². The van der Waals surface area contributed by atoms with Gasteiger partial charge in [-0.3, -0.25) is 9.78 Å². The Morgan fingerprint density at radius 2 is 1.67 bits per heavy atom. The number of aliphatic hydroxyl groups is 1. The van der Waals surface area contributed by atoms with E-state index in [1.54, 1.807) is 6.07 Å². The van der Waals surface area contributed by atoms with Crippen molar-refractivity contribution in [2.75, 3.05) is 0 Å². The number of ketones is 1. The Kier molecular flexibility index (Phi) is 12.2. The minimum atomic E-state index is -2.29. The number of aliphatic hydroxyl groups excluding tert-OH is 1. The van der Waals surface area contributed by atoms with Crippen molar-refractivity contribution in [3.63, 3.8) is 0 Å². The van der Waals surface area contributed by atoms with Crippen molar-refractivity contribution in [3.05, 3.63) is 83.6 Å². The summed E-state index contributed by atoms with van der Waals surface area (Å²) in [7, 11) is -1.76. The molecule has 4 nitrogen and oxygen atoms in total. The van der Waals surface area contributed by atoms with Gasteiger partial charge in [0.15, 0.2) is 5.78 Å². The van der Waals surface area contributed by atoms with Crippen molar-refractivity contribution in [3.8, 4) is 11.3 Å². The maximum Gasteiger partial charge on any atom is 0.164 e. The number of carbonyl (C=O) groups excluding carboxylic acids is 1. The zero-order valence-electron chi connectivity index (χ0n) is 34.0. The number of carbonyl (C=O) groups is 1. The van der Waals surface area contributed by atoms with E-state index in [9.17, 15) is 9.90 Å². The summed E-state index contributed by atoms with van der Waals surface area (Å²) < 4.78 is 30.6. The number of fused-ring (bicyclic) bond motifs is 4. The fourth-order valence-electron chi connectivity index (χ4n) is 6.30. The van der Waals surface area contributed by atoms with Crippen molar-refractivity contribution in [1.82, 2.24) is 4.98 Å². The van der Waals surface area contributed by atoms with Crippen LogP contribution in [0.4, 0.5) is 0 Å². The molecule has 5 aromatic rings. The first-order valence-electron chi connectivity index (χ1n) is 19.1. The summed E-state index contributed by atoms with van der Waals surface area (Å²) in [5.74, 6) is 0.985. The molecule has 0 aliphatic heterocycles. The second-order valence-corrected chi connectivity index (χ2v) is 19.9. The first kappa shape index (κ1) is 35.8. The summed E-state index contributed by atoms with van der Waals surface area (Å²) in [6, 6.07) is 21.4. The van der Waals surface area contributed by atoms with Crippen LogP contribution in [-0.2, 0) is 31.3 Å². The predicted octanol–water partition coefficient (Wildman–Crippen LogP) is 11.9. The van der Waals surface area contributed by atoms with Crippen molar-refractivity contribution in [2.24, 2.45) is 17.3 Å². The second kappa shape index (κ2) is 16.8. The maximum absolute atomic E-state index is 12.0.